The number of rotatable bonds is 7. The lowest BCUT2D eigenvalue weighted by Crippen LogP contribution is -2.14. The van der Waals surface area contributed by atoms with Gasteiger partial charge in [-0.2, -0.15) is 5.10 Å². The van der Waals surface area contributed by atoms with E-state index in [0.29, 0.717) is 11.3 Å². The van der Waals surface area contributed by atoms with Gasteiger partial charge in [0.1, 0.15) is 5.71 Å². The Hall–Kier alpha value is -3.95. The van der Waals surface area contributed by atoms with Crippen LogP contribution in [0.4, 0.5) is 0 Å². The highest BCUT2D eigenvalue weighted by atomic mass is 16.5. The summed E-state index contributed by atoms with van der Waals surface area (Å²) in [5, 5.41) is 4.06. The zero-order valence-electron chi connectivity index (χ0n) is 16.6. The van der Waals surface area contributed by atoms with E-state index in [1.165, 1.54) is 20.3 Å². The minimum absolute atomic E-state index is 0.0732. The largest absolute Gasteiger partial charge is 0.479 e. The van der Waals surface area contributed by atoms with Gasteiger partial charge in [0, 0.05) is 23.5 Å². The number of amides is 1. The van der Waals surface area contributed by atoms with Gasteiger partial charge in [-0.25, -0.2) is 10.2 Å². The van der Waals surface area contributed by atoms with E-state index < -0.39 is 17.8 Å². The van der Waals surface area contributed by atoms with Gasteiger partial charge in [-0.05, 0) is 25.1 Å². The van der Waals surface area contributed by atoms with Crippen molar-refractivity contribution in [2.45, 2.75) is 13.3 Å². The summed E-state index contributed by atoms with van der Waals surface area (Å²) < 4.78 is 15.2. The fourth-order valence-electron chi connectivity index (χ4n) is 2.97. The highest BCUT2D eigenvalue weighted by molar-refractivity contribution is 6.33. The molecular formula is C20H20N4O6. The van der Waals surface area contributed by atoms with Crippen LogP contribution in [0.25, 0.3) is 6.08 Å². The molecule has 0 atom stereocenters. The van der Waals surface area contributed by atoms with E-state index in [-0.39, 0.29) is 41.3 Å². The van der Waals surface area contributed by atoms with Gasteiger partial charge in [-0.3, -0.25) is 14.6 Å². The number of hydrazone groups is 1. The topological polar surface area (TPSA) is 132 Å². The SMILES string of the molecule is CCOc1[nH]c(/C=C2/C(=O)NN=C2c2cccnc2)c(C(=O)OC)c1CC(=O)OC. The van der Waals surface area contributed by atoms with Crippen molar-refractivity contribution in [3.8, 4) is 5.88 Å². The number of pyridine rings is 1. The summed E-state index contributed by atoms with van der Waals surface area (Å²) >= 11 is 0. The second-order valence-corrected chi connectivity index (χ2v) is 6.10. The number of carbonyl (C=O) groups excluding carboxylic acids is 3. The highest BCUT2D eigenvalue weighted by Crippen LogP contribution is 2.30. The average molecular weight is 412 g/mol. The molecule has 10 heteroatoms. The van der Waals surface area contributed by atoms with Gasteiger partial charge >= 0.3 is 11.9 Å². The lowest BCUT2D eigenvalue weighted by molar-refractivity contribution is -0.139. The molecule has 0 fully saturated rings. The highest BCUT2D eigenvalue weighted by Gasteiger charge is 2.29. The minimum atomic E-state index is -0.693. The summed E-state index contributed by atoms with van der Waals surface area (Å²) in [6.07, 6.45) is 4.41. The van der Waals surface area contributed by atoms with E-state index in [9.17, 15) is 14.4 Å². The van der Waals surface area contributed by atoms with Crippen LogP contribution in [0.2, 0.25) is 0 Å². The van der Waals surface area contributed by atoms with Crippen LogP contribution in [0.15, 0.2) is 35.2 Å². The molecule has 2 aromatic heterocycles. The molecule has 0 spiro atoms. The third kappa shape index (κ3) is 4.07. The number of ether oxygens (including phenoxy) is 3. The van der Waals surface area contributed by atoms with Crippen LogP contribution < -0.4 is 10.2 Å². The van der Waals surface area contributed by atoms with Crippen LogP contribution in [-0.4, -0.2) is 54.4 Å². The summed E-state index contributed by atoms with van der Waals surface area (Å²) in [5.74, 6) is -1.49. The molecule has 0 unspecified atom stereocenters. The number of aromatic nitrogens is 2. The van der Waals surface area contributed by atoms with Crippen molar-refractivity contribution in [1.82, 2.24) is 15.4 Å². The molecule has 0 saturated heterocycles. The van der Waals surface area contributed by atoms with Gasteiger partial charge in [0.25, 0.3) is 5.91 Å². The molecule has 0 saturated carbocycles. The molecule has 1 amide bonds. The second kappa shape index (κ2) is 9.03. The van der Waals surface area contributed by atoms with Crippen LogP contribution in [0.1, 0.15) is 34.1 Å². The molecule has 1 aliphatic heterocycles. The lowest BCUT2D eigenvalue weighted by Gasteiger charge is -2.06. The fraction of sp³-hybridized carbons (Fsp3) is 0.250. The van der Waals surface area contributed by atoms with Crippen molar-refractivity contribution in [2.75, 3.05) is 20.8 Å². The number of carbonyl (C=O) groups is 3. The van der Waals surface area contributed by atoms with Crippen molar-refractivity contribution in [3.63, 3.8) is 0 Å². The Balaban J connectivity index is 2.15. The normalized spacial score (nSPS) is 14.3. The first-order valence-corrected chi connectivity index (χ1v) is 9.03. The minimum Gasteiger partial charge on any atom is -0.479 e. The Morgan fingerprint density at radius 1 is 1.23 bits per heavy atom. The average Bonchev–Trinajstić information content (AvgIpc) is 3.29. The molecular weight excluding hydrogens is 392 g/mol. The van der Waals surface area contributed by atoms with Crippen molar-refractivity contribution in [1.29, 1.82) is 0 Å². The predicted octanol–water partition coefficient (Wildman–Crippen LogP) is 1.23. The molecule has 0 aliphatic carbocycles. The second-order valence-electron chi connectivity index (χ2n) is 6.10. The van der Waals surface area contributed by atoms with Crippen LogP contribution >= 0.6 is 0 Å². The Morgan fingerprint density at radius 3 is 2.67 bits per heavy atom. The first-order valence-electron chi connectivity index (χ1n) is 9.03. The van der Waals surface area contributed by atoms with Gasteiger partial charge in [-0.1, -0.05) is 0 Å². The van der Waals surface area contributed by atoms with Crippen molar-refractivity contribution >= 4 is 29.6 Å². The van der Waals surface area contributed by atoms with Gasteiger partial charge in [0.2, 0.25) is 0 Å². The van der Waals surface area contributed by atoms with Crippen molar-refractivity contribution < 1.29 is 28.6 Å². The molecule has 0 bridgehead atoms. The third-order valence-electron chi connectivity index (χ3n) is 4.31. The quantitative estimate of drug-likeness (QED) is 0.516. The van der Waals surface area contributed by atoms with E-state index >= 15 is 0 Å². The fourth-order valence-corrected chi connectivity index (χ4v) is 2.97. The van der Waals surface area contributed by atoms with Crippen molar-refractivity contribution in [3.05, 3.63) is 52.5 Å². The molecule has 30 heavy (non-hydrogen) atoms. The standard InChI is InChI=1S/C20H20N4O6/c1-4-30-19-12(9-15(25)28-2)16(20(27)29-3)14(22-19)8-13-17(23-24-18(13)26)11-6-5-7-21-10-11/h5-8,10,22H,4,9H2,1-3H3,(H,24,26)/b13-8+. The number of esters is 2. The third-order valence-corrected chi connectivity index (χ3v) is 4.31. The maximum absolute atomic E-state index is 12.5. The van der Waals surface area contributed by atoms with Gasteiger partial charge in [0.15, 0.2) is 5.88 Å². The first kappa shape index (κ1) is 20.8. The number of methoxy groups -OCH3 is 2. The molecule has 0 radical (unpaired) electrons. The van der Waals surface area contributed by atoms with Crippen LogP contribution in [-0.2, 0) is 25.5 Å². The van der Waals surface area contributed by atoms with Crippen LogP contribution in [0, 0.1) is 0 Å². The Morgan fingerprint density at radius 2 is 2.03 bits per heavy atom. The van der Waals surface area contributed by atoms with Crippen LogP contribution in [0.3, 0.4) is 0 Å². The molecule has 1 aliphatic rings. The Labute approximate surface area is 171 Å². The van der Waals surface area contributed by atoms with Gasteiger partial charge in [-0.15, -0.1) is 0 Å². The zero-order chi connectivity index (χ0) is 21.7. The number of nitrogens with one attached hydrogen (secondary N) is 2. The smallest absolute Gasteiger partial charge is 0.340 e. The number of H-pyrrole nitrogens is 1. The molecule has 2 aromatic rings. The summed E-state index contributed by atoms with van der Waals surface area (Å²) in [6, 6.07) is 3.47. The molecule has 2 N–H and O–H groups in total. The van der Waals surface area contributed by atoms with E-state index in [1.807, 2.05) is 0 Å². The maximum atomic E-state index is 12.5. The number of hydrogen-bond acceptors (Lipinski definition) is 8. The summed E-state index contributed by atoms with van der Waals surface area (Å²) in [4.78, 5) is 43.8. The Bertz CT molecular complexity index is 1040. The molecule has 3 rings (SSSR count). The van der Waals surface area contributed by atoms with Gasteiger partial charge in [0.05, 0.1) is 44.1 Å². The maximum Gasteiger partial charge on any atom is 0.340 e. The van der Waals surface area contributed by atoms with E-state index in [0.717, 1.165) is 0 Å². The van der Waals surface area contributed by atoms with E-state index in [4.69, 9.17) is 14.2 Å². The first-order chi connectivity index (χ1) is 14.5. The summed E-state index contributed by atoms with van der Waals surface area (Å²) in [6.45, 7) is 2.05. The summed E-state index contributed by atoms with van der Waals surface area (Å²) in [7, 11) is 2.47. The predicted molar refractivity (Wildman–Crippen MR) is 106 cm³/mol. The van der Waals surface area contributed by atoms with Crippen LogP contribution in [0.5, 0.6) is 5.88 Å². The molecule has 156 valence electrons. The number of nitrogens with zero attached hydrogens (tertiary/aromatic N) is 2. The van der Waals surface area contributed by atoms with Gasteiger partial charge < -0.3 is 19.2 Å². The zero-order valence-corrected chi connectivity index (χ0v) is 16.6. The number of aromatic amines is 1. The molecule has 10 nitrogen and oxygen atoms in total. The lowest BCUT2D eigenvalue weighted by atomic mass is 10.0. The molecule has 3 heterocycles. The number of hydrogen-bond donors (Lipinski definition) is 2. The molecule has 0 aromatic carbocycles. The van der Waals surface area contributed by atoms with Crippen molar-refractivity contribution in [2.24, 2.45) is 5.10 Å². The summed E-state index contributed by atoms with van der Waals surface area (Å²) in [5.41, 5.74) is 4.20. The van der Waals surface area contributed by atoms with E-state index in [2.05, 4.69) is 20.5 Å². The van der Waals surface area contributed by atoms with E-state index in [1.54, 1.807) is 31.5 Å². The Kier molecular flexibility index (Phi) is 6.26. The monoisotopic (exact) mass is 412 g/mol.